The summed E-state index contributed by atoms with van der Waals surface area (Å²) in [6, 6.07) is 5.10. The summed E-state index contributed by atoms with van der Waals surface area (Å²) in [5, 5.41) is 6.70. The molecule has 104 valence electrons. The van der Waals surface area contributed by atoms with Crippen molar-refractivity contribution in [1.29, 1.82) is 0 Å². The third-order valence-corrected chi connectivity index (χ3v) is 2.81. The van der Waals surface area contributed by atoms with Crippen LogP contribution in [0.5, 0.6) is 0 Å². The Labute approximate surface area is 114 Å². The first-order valence-electron chi connectivity index (χ1n) is 5.84. The summed E-state index contributed by atoms with van der Waals surface area (Å²) in [7, 11) is 1.66. The molecule has 0 radical (unpaired) electrons. The van der Waals surface area contributed by atoms with Gasteiger partial charge in [0.25, 0.3) is 5.56 Å². The zero-order chi connectivity index (χ0) is 14.7. The second kappa shape index (κ2) is 5.52. The molecule has 0 spiro atoms. The summed E-state index contributed by atoms with van der Waals surface area (Å²) in [5.74, 6) is -1.18. The predicted molar refractivity (Wildman–Crippen MR) is 72.1 cm³/mol. The Balaban J connectivity index is 2.37. The molecule has 2 aromatic rings. The first kappa shape index (κ1) is 13.7. The van der Waals surface area contributed by atoms with Crippen molar-refractivity contribution in [3.8, 4) is 0 Å². The van der Waals surface area contributed by atoms with Crippen molar-refractivity contribution in [2.75, 3.05) is 12.4 Å². The van der Waals surface area contributed by atoms with Gasteiger partial charge in [0.1, 0.15) is 5.82 Å². The molecule has 7 heteroatoms. The van der Waals surface area contributed by atoms with Crippen molar-refractivity contribution in [2.45, 2.75) is 6.54 Å². The number of carbonyl (C=O) groups excluding carboxylic acids is 1. The third-order valence-electron chi connectivity index (χ3n) is 2.81. The highest BCUT2D eigenvalue weighted by Crippen LogP contribution is 2.11. The van der Waals surface area contributed by atoms with E-state index in [4.69, 9.17) is 5.73 Å². The SMILES string of the molecule is CNc1cnn(Cc2cc(C(N)=O)ccc2F)c(=O)c1. The summed E-state index contributed by atoms with van der Waals surface area (Å²) in [4.78, 5) is 22.9. The number of hydrogen-bond donors (Lipinski definition) is 2. The molecule has 0 saturated carbocycles. The third kappa shape index (κ3) is 2.82. The Morgan fingerprint density at radius 2 is 2.20 bits per heavy atom. The van der Waals surface area contributed by atoms with Crippen LogP contribution in [-0.4, -0.2) is 22.7 Å². The number of amides is 1. The van der Waals surface area contributed by atoms with Crippen LogP contribution in [0.25, 0.3) is 0 Å². The van der Waals surface area contributed by atoms with Gasteiger partial charge in [0.2, 0.25) is 5.91 Å². The monoisotopic (exact) mass is 276 g/mol. The molecule has 0 bridgehead atoms. The number of primary amides is 1. The topological polar surface area (TPSA) is 90.0 Å². The zero-order valence-corrected chi connectivity index (χ0v) is 10.8. The molecule has 1 aromatic carbocycles. The maximum absolute atomic E-state index is 13.7. The van der Waals surface area contributed by atoms with Gasteiger partial charge in [0.05, 0.1) is 18.4 Å². The van der Waals surface area contributed by atoms with Crippen LogP contribution in [0.15, 0.2) is 35.3 Å². The number of carbonyl (C=O) groups is 1. The van der Waals surface area contributed by atoms with Crippen molar-refractivity contribution < 1.29 is 9.18 Å². The molecule has 2 rings (SSSR count). The van der Waals surface area contributed by atoms with Crippen LogP contribution in [0.4, 0.5) is 10.1 Å². The lowest BCUT2D eigenvalue weighted by molar-refractivity contribution is 0.1000. The Morgan fingerprint density at radius 3 is 2.80 bits per heavy atom. The van der Waals surface area contributed by atoms with Crippen LogP contribution in [0.1, 0.15) is 15.9 Å². The number of nitrogens with zero attached hydrogens (tertiary/aromatic N) is 2. The van der Waals surface area contributed by atoms with Gasteiger partial charge in [0, 0.05) is 24.2 Å². The van der Waals surface area contributed by atoms with Crippen LogP contribution in [0.3, 0.4) is 0 Å². The molecular formula is C13H13FN4O2. The normalized spacial score (nSPS) is 10.3. The van der Waals surface area contributed by atoms with Crippen LogP contribution in [-0.2, 0) is 6.54 Å². The van der Waals surface area contributed by atoms with Gasteiger partial charge in [-0.3, -0.25) is 9.59 Å². The minimum Gasteiger partial charge on any atom is -0.387 e. The summed E-state index contributed by atoms with van der Waals surface area (Å²) < 4.78 is 14.8. The second-order valence-electron chi connectivity index (χ2n) is 4.16. The van der Waals surface area contributed by atoms with Gasteiger partial charge in [0.15, 0.2) is 0 Å². The van der Waals surface area contributed by atoms with Gasteiger partial charge in [-0.05, 0) is 18.2 Å². The predicted octanol–water partition coefficient (Wildman–Crippen LogP) is 0.571. The first-order valence-corrected chi connectivity index (χ1v) is 5.84. The van der Waals surface area contributed by atoms with Crippen LogP contribution < -0.4 is 16.6 Å². The summed E-state index contributed by atoms with van der Waals surface area (Å²) in [6.45, 7) is -0.0736. The molecule has 0 saturated heterocycles. The molecule has 0 aliphatic heterocycles. The average Bonchev–Trinajstić information content (AvgIpc) is 2.42. The van der Waals surface area contributed by atoms with Gasteiger partial charge in [-0.2, -0.15) is 5.10 Å². The lowest BCUT2D eigenvalue weighted by Gasteiger charge is -2.08. The van der Waals surface area contributed by atoms with E-state index < -0.39 is 11.7 Å². The van der Waals surface area contributed by atoms with E-state index in [0.29, 0.717) is 5.69 Å². The van der Waals surface area contributed by atoms with E-state index in [1.54, 1.807) is 7.05 Å². The van der Waals surface area contributed by atoms with Gasteiger partial charge >= 0.3 is 0 Å². The summed E-state index contributed by atoms with van der Waals surface area (Å²) >= 11 is 0. The first-order chi connectivity index (χ1) is 9.51. The molecule has 1 heterocycles. The van der Waals surface area contributed by atoms with E-state index in [2.05, 4.69) is 10.4 Å². The number of benzene rings is 1. The van der Waals surface area contributed by atoms with E-state index in [0.717, 1.165) is 10.7 Å². The fraction of sp³-hybridized carbons (Fsp3) is 0.154. The molecule has 0 aliphatic rings. The largest absolute Gasteiger partial charge is 0.387 e. The maximum atomic E-state index is 13.7. The summed E-state index contributed by atoms with van der Waals surface area (Å²) in [5.41, 5.74) is 5.69. The lowest BCUT2D eigenvalue weighted by Crippen LogP contribution is -2.23. The van der Waals surface area contributed by atoms with E-state index in [-0.39, 0.29) is 23.2 Å². The molecule has 0 atom stereocenters. The Kier molecular flexibility index (Phi) is 3.79. The van der Waals surface area contributed by atoms with Gasteiger partial charge in [-0.1, -0.05) is 0 Å². The van der Waals surface area contributed by atoms with Crippen molar-refractivity contribution in [1.82, 2.24) is 9.78 Å². The molecule has 0 aliphatic carbocycles. The number of aromatic nitrogens is 2. The molecule has 3 N–H and O–H groups in total. The molecule has 1 amide bonds. The van der Waals surface area contributed by atoms with E-state index in [1.807, 2.05) is 0 Å². The Morgan fingerprint density at radius 1 is 1.45 bits per heavy atom. The average molecular weight is 276 g/mol. The number of rotatable bonds is 4. The Hall–Kier alpha value is -2.70. The highest BCUT2D eigenvalue weighted by molar-refractivity contribution is 5.92. The van der Waals surface area contributed by atoms with E-state index in [9.17, 15) is 14.0 Å². The lowest BCUT2D eigenvalue weighted by atomic mass is 10.1. The van der Waals surface area contributed by atoms with Crippen LogP contribution in [0.2, 0.25) is 0 Å². The van der Waals surface area contributed by atoms with Gasteiger partial charge < -0.3 is 11.1 Å². The highest BCUT2D eigenvalue weighted by atomic mass is 19.1. The number of halogens is 1. The fourth-order valence-electron chi connectivity index (χ4n) is 1.70. The fourth-order valence-corrected chi connectivity index (χ4v) is 1.70. The number of nitrogens with one attached hydrogen (secondary N) is 1. The van der Waals surface area contributed by atoms with Crippen molar-refractivity contribution in [3.05, 3.63) is 57.8 Å². The molecule has 0 unspecified atom stereocenters. The van der Waals surface area contributed by atoms with Crippen LogP contribution >= 0.6 is 0 Å². The molecule has 0 fully saturated rings. The highest BCUT2D eigenvalue weighted by Gasteiger charge is 2.09. The number of nitrogens with two attached hydrogens (primary N) is 1. The Bertz CT molecular complexity index is 712. The number of hydrogen-bond acceptors (Lipinski definition) is 4. The van der Waals surface area contributed by atoms with Crippen LogP contribution in [0, 0.1) is 5.82 Å². The standard InChI is InChI=1S/C13H13FN4O2/c1-16-10-5-12(19)18(17-6-10)7-9-4-8(13(15)20)2-3-11(9)14/h2-6,16H,7H2,1H3,(H2,15,20). The molecule has 20 heavy (non-hydrogen) atoms. The molecule has 1 aromatic heterocycles. The molecular weight excluding hydrogens is 263 g/mol. The molecule has 6 nitrogen and oxygen atoms in total. The quantitative estimate of drug-likeness (QED) is 0.854. The van der Waals surface area contributed by atoms with Gasteiger partial charge in [-0.25, -0.2) is 9.07 Å². The second-order valence-corrected chi connectivity index (χ2v) is 4.16. The number of anilines is 1. The van der Waals surface area contributed by atoms with E-state index >= 15 is 0 Å². The zero-order valence-electron chi connectivity index (χ0n) is 10.8. The van der Waals surface area contributed by atoms with E-state index in [1.165, 1.54) is 24.4 Å². The van der Waals surface area contributed by atoms with Gasteiger partial charge in [-0.15, -0.1) is 0 Å². The minimum atomic E-state index is -0.655. The van der Waals surface area contributed by atoms with Crippen molar-refractivity contribution in [2.24, 2.45) is 5.73 Å². The summed E-state index contributed by atoms with van der Waals surface area (Å²) in [6.07, 6.45) is 1.46. The minimum absolute atomic E-state index is 0.0736. The van der Waals surface area contributed by atoms with Crippen molar-refractivity contribution >= 4 is 11.6 Å². The van der Waals surface area contributed by atoms with Crippen molar-refractivity contribution in [3.63, 3.8) is 0 Å². The maximum Gasteiger partial charge on any atom is 0.269 e. The smallest absolute Gasteiger partial charge is 0.269 e.